The Bertz CT molecular complexity index is 777. The molecule has 0 spiro atoms. The summed E-state index contributed by atoms with van der Waals surface area (Å²) in [6.45, 7) is 9.79. The van der Waals surface area contributed by atoms with Gasteiger partial charge in [-0.25, -0.2) is 4.68 Å². The summed E-state index contributed by atoms with van der Waals surface area (Å²) in [5.41, 5.74) is 1.05. The zero-order valence-electron chi connectivity index (χ0n) is 17.6. The Kier molecular flexibility index (Phi) is 8.97. The van der Waals surface area contributed by atoms with E-state index in [1.54, 1.807) is 4.68 Å². The van der Waals surface area contributed by atoms with Crippen molar-refractivity contribution in [3.8, 4) is 0 Å². The average Bonchev–Trinajstić information content (AvgIpc) is 3.10. The van der Waals surface area contributed by atoms with Gasteiger partial charge in [0.1, 0.15) is 6.73 Å². The predicted molar refractivity (Wildman–Crippen MR) is 119 cm³/mol. The summed E-state index contributed by atoms with van der Waals surface area (Å²) in [6, 6.07) is 8.98. The van der Waals surface area contributed by atoms with Crippen LogP contribution in [0.4, 0.5) is 0 Å². The molecule has 0 bridgehead atoms. The maximum Gasteiger partial charge on any atom is 0.307 e. The van der Waals surface area contributed by atoms with Gasteiger partial charge in [-0.1, -0.05) is 61.0 Å². The smallest absolute Gasteiger partial charge is 0.307 e. The zero-order chi connectivity index (χ0) is 21.4. The maximum absolute atomic E-state index is 12.0. The standard InChI is InChI=1S/C20H31BrN4O3Si/c1-5-6-17(20(26)27)18(13-15-7-9-16(21)10-8-15)19-22-23-24-25(19)14-28-11-12-29(2,3)4/h7-10,17-18H,5-6,11-14H2,1-4H3,(H,26,27)/t17-,18-/m0/s1. The molecule has 9 heteroatoms. The number of hydrogen-bond donors (Lipinski definition) is 1. The molecule has 2 aromatic rings. The van der Waals surface area contributed by atoms with E-state index in [1.807, 2.05) is 31.2 Å². The predicted octanol–water partition coefficient (Wildman–Crippen LogP) is 4.58. The van der Waals surface area contributed by atoms with E-state index in [-0.39, 0.29) is 12.6 Å². The van der Waals surface area contributed by atoms with Crippen molar-refractivity contribution in [3.63, 3.8) is 0 Å². The first-order chi connectivity index (χ1) is 13.7. The molecule has 0 radical (unpaired) electrons. The lowest BCUT2D eigenvalue weighted by atomic mass is 9.83. The Morgan fingerprint density at radius 3 is 2.55 bits per heavy atom. The lowest BCUT2D eigenvalue weighted by Gasteiger charge is -2.23. The van der Waals surface area contributed by atoms with Crippen LogP contribution in [0.1, 0.15) is 37.1 Å². The van der Waals surface area contributed by atoms with Crippen molar-refractivity contribution in [1.82, 2.24) is 20.2 Å². The number of aromatic nitrogens is 4. The Morgan fingerprint density at radius 2 is 1.97 bits per heavy atom. The number of ether oxygens (including phenoxy) is 1. The third-order valence-electron chi connectivity index (χ3n) is 4.87. The van der Waals surface area contributed by atoms with Gasteiger partial charge in [-0.2, -0.15) is 0 Å². The van der Waals surface area contributed by atoms with Crippen LogP contribution in [0.3, 0.4) is 0 Å². The second-order valence-electron chi connectivity index (χ2n) is 8.56. The summed E-state index contributed by atoms with van der Waals surface area (Å²) in [4.78, 5) is 12.0. The van der Waals surface area contributed by atoms with Gasteiger partial charge in [-0.05, 0) is 47.0 Å². The van der Waals surface area contributed by atoms with E-state index in [2.05, 4.69) is 51.1 Å². The number of carboxylic acid groups (broad SMARTS) is 1. The highest BCUT2D eigenvalue weighted by Crippen LogP contribution is 2.31. The van der Waals surface area contributed by atoms with Gasteiger partial charge >= 0.3 is 5.97 Å². The van der Waals surface area contributed by atoms with Crippen LogP contribution in [-0.2, 0) is 22.7 Å². The number of benzene rings is 1. The number of halogens is 1. The number of nitrogens with zero attached hydrogens (tertiary/aromatic N) is 4. The first-order valence-electron chi connectivity index (χ1n) is 10.0. The quantitative estimate of drug-likeness (QED) is 0.351. The molecule has 0 saturated carbocycles. The van der Waals surface area contributed by atoms with Gasteiger partial charge in [0.2, 0.25) is 0 Å². The van der Waals surface area contributed by atoms with E-state index in [9.17, 15) is 9.90 Å². The normalized spacial score (nSPS) is 14.0. The van der Waals surface area contributed by atoms with E-state index in [1.165, 1.54) is 0 Å². The molecule has 0 unspecified atom stereocenters. The number of hydrogen-bond acceptors (Lipinski definition) is 5. The molecule has 1 N–H and O–H groups in total. The Balaban J connectivity index is 2.23. The molecule has 0 aliphatic carbocycles. The molecular formula is C20H31BrN4O3Si. The van der Waals surface area contributed by atoms with Crippen molar-refractivity contribution in [2.24, 2.45) is 5.92 Å². The van der Waals surface area contributed by atoms with E-state index in [0.29, 0.717) is 25.3 Å². The van der Waals surface area contributed by atoms with Crippen molar-refractivity contribution < 1.29 is 14.6 Å². The van der Waals surface area contributed by atoms with Crippen LogP contribution in [0.15, 0.2) is 28.7 Å². The number of tetrazole rings is 1. The largest absolute Gasteiger partial charge is 0.481 e. The van der Waals surface area contributed by atoms with E-state index in [4.69, 9.17) is 4.74 Å². The van der Waals surface area contributed by atoms with Crippen molar-refractivity contribution in [2.45, 2.75) is 64.5 Å². The summed E-state index contributed by atoms with van der Waals surface area (Å²) in [6.07, 6.45) is 1.90. The lowest BCUT2D eigenvalue weighted by molar-refractivity contribution is -0.143. The number of rotatable bonds is 12. The zero-order valence-corrected chi connectivity index (χ0v) is 20.2. The maximum atomic E-state index is 12.0. The average molecular weight is 483 g/mol. The van der Waals surface area contributed by atoms with E-state index >= 15 is 0 Å². The van der Waals surface area contributed by atoms with E-state index < -0.39 is 20.0 Å². The fourth-order valence-corrected chi connectivity index (χ4v) is 4.22. The van der Waals surface area contributed by atoms with Gasteiger partial charge in [-0.3, -0.25) is 4.79 Å². The molecule has 1 heterocycles. The van der Waals surface area contributed by atoms with Crippen LogP contribution < -0.4 is 0 Å². The minimum absolute atomic E-state index is 0.238. The number of carboxylic acids is 1. The summed E-state index contributed by atoms with van der Waals surface area (Å²) in [7, 11) is -1.18. The molecule has 0 fully saturated rings. The highest BCUT2D eigenvalue weighted by atomic mass is 79.9. The van der Waals surface area contributed by atoms with Gasteiger partial charge in [0.15, 0.2) is 5.82 Å². The first-order valence-corrected chi connectivity index (χ1v) is 14.5. The minimum Gasteiger partial charge on any atom is -0.481 e. The molecule has 1 aromatic heterocycles. The monoisotopic (exact) mass is 482 g/mol. The van der Waals surface area contributed by atoms with Crippen molar-refractivity contribution in [3.05, 3.63) is 40.1 Å². The summed E-state index contributed by atoms with van der Waals surface area (Å²) in [5.74, 6) is -1.13. The van der Waals surface area contributed by atoms with Crippen LogP contribution in [0.25, 0.3) is 0 Å². The summed E-state index contributed by atoms with van der Waals surface area (Å²) >= 11 is 3.44. The van der Waals surface area contributed by atoms with E-state index in [0.717, 1.165) is 22.5 Å². The number of aliphatic carboxylic acids is 1. The van der Waals surface area contributed by atoms with Crippen molar-refractivity contribution in [2.75, 3.05) is 6.61 Å². The molecule has 29 heavy (non-hydrogen) atoms. The van der Waals surface area contributed by atoms with Crippen LogP contribution in [0.5, 0.6) is 0 Å². The molecule has 0 saturated heterocycles. The molecule has 0 amide bonds. The molecule has 2 rings (SSSR count). The molecule has 2 atom stereocenters. The number of carbonyl (C=O) groups is 1. The highest BCUT2D eigenvalue weighted by molar-refractivity contribution is 9.10. The fraction of sp³-hybridized carbons (Fsp3) is 0.600. The highest BCUT2D eigenvalue weighted by Gasteiger charge is 2.33. The Labute approximate surface area is 182 Å². The summed E-state index contributed by atoms with van der Waals surface area (Å²) in [5, 5.41) is 22.0. The van der Waals surface area contributed by atoms with Gasteiger partial charge in [0.05, 0.1) is 5.92 Å². The van der Waals surface area contributed by atoms with Crippen molar-refractivity contribution >= 4 is 30.0 Å². The van der Waals surface area contributed by atoms with Crippen molar-refractivity contribution in [1.29, 1.82) is 0 Å². The lowest BCUT2D eigenvalue weighted by Crippen LogP contribution is -2.27. The Morgan fingerprint density at radius 1 is 1.28 bits per heavy atom. The fourth-order valence-electron chi connectivity index (χ4n) is 3.19. The first kappa shape index (κ1) is 23.7. The second kappa shape index (κ2) is 11.0. The van der Waals surface area contributed by atoms with Crippen LogP contribution in [0, 0.1) is 5.92 Å². The Hall–Kier alpha value is -1.58. The molecule has 1 aromatic carbocycles. The SMILES string of the molecule is CCC[C@H](C(=O)O)[C@H](Cc1ccc(Br)cc1)c1nnnn1COCC[Si](C)(C)C. The second-order valence-corrected chi connectivity index (χ2v) is 15.1. The van der Waals surface area contributed by atoms with Crippen LogP contribution >= 0.6 is 15.9 Å². The molecular weight excluding hydrogens is 452 g/mol. The third kappa shape index (κ3) is 7.64. The molecule has 0 aliphatic heterocycles. The van der Waals surface area contributed by atoms with Gasteiger partial charge in [0, 0.05) is 25.1 Å². The van der Waals surface area contributed by atoms with Gasteiger partial charge < -0.3 is 9.84 Å². The molecule has 160 valence electrons. The summed E-state index contributed by atoms with van der Waals surface area (Å²) < 4.78 is 8.41. The minimum atomic E-state index is -1.18. The molecule has 7 nitrogen and oxygen atoms in total. The molecule has 0 aliphatic rings. The topological polar surface area (TPSA) is 90.1 Å². The van der Waals surface area contributed by atoms with Gasteiger partial charge in [0.25, 0.3) is 0 Å². The third-order valence-corrected chi connectivity index (χ3v) is 7.11. The van der Waals surface area contributed by atoms with Crippen LogP contribution in [-0.4, -0.2) is 46.0 Å². The van der Waals surface area contributed by atoms with Crippen LogP contribution in [0.2, 0.25) is 25.7 Å². The van der Waals surface area contributed by atoms with Gasteiger partial charge in [-0.15, -0.1) is 5.10 Å².